The van der Waals surface area contributed by atoms with Crippen LogP contribution < -0.4 is 9.62 Å². The van der Waals surface area contributed by atoms with Crippen LogP contribution in [0.4, 0.5) is 15.8 Å². The monoisotopic (exact) mass is 570 g/mol. The Morgan fingerprint density at radius 1 is 0.950 bits per heavy atom. The Bertz CT molecular complexity index is 1430. The van der Waals surface area contributed by atoms with Gasteiger partial charge < -0.3 is 10.2 Å². The molecule has 3 aromatic carbocycles. The van der Waals surface area contributed by atoms with E-state index < -0.39 is 45.2 Å². The van der Waals surface area contributed by atoms with Crippen molar-refractivity contribution in [2.45, 2.75) is 38.3 Å². The van der Waals surface area contributed by atoms with E-state index in [1.54, 1.807) is 6.07 Å². The number of nitro benzene ring substituents is 1. The van der Waals surface area contributed by atoms with Crippen molar-refractivity contribution in [3.63, 3.8) is 0 Å². The number of rotatable bonds is 12. The van der Waals surface area contributed by atoms with Crippen LogP contribution in [0.15, 0.2) is 83.8 Å². The van der Waals surface area contributed by atoms with Gasteiger partial charge in [-0.05, 0) is 54.8 Å². The standard InChI is InChI=1S/C28H31FN4O6S/c1-20(2)17-30-28(35)21(3)31(18-22-9-11-23(29)12-10-22)27(34)19-32(24-13-15-25(16-14-24)33(36)37)40(38,39)26-7-5-4-6-8-26/h4-16,20-21H,17-19H2,1-3H3,(H,30,35)/t21-/m0/s1. The summed E-state index contributed by atoms with van der Waals surface area (Å²) in [7, 11) is -4.30. The Balaban J connectivity index is 2.01. The third-order valence-corrected chi connectivity index (χ3v) is 7.86. The number of nitro groups is 1. The van der Waals surface area contributed by atoms with Gasteiger partial charge in [-0.2, -0.15) is 0 Å². The van der Waals surface area contributed by atoms with E-state index in [1.165, 1.54) is 72.5 Å². The average molecular weight is 571 g/mol. The smallest absolute Gasteiger partial charge is 0.269 e. The Morgan fingerprint density at radius 2 is 1.55 bits per heavy atom. The van der Waals surface area contributed by atoms with Gasteiger partial charge in [0, 0.05) is 25.2 Å². The molecule has 1 atom stereocenters. The summed E-state index contributed by atoms with van der Waals surface area (Å²) in [6.45, 7) is 4.96. The van der Waals surface area contributed by atoms with E-state index >= 15 is 0 Å². The summed E-state index contributed by atoms with van der Waals surface area (Å²) in [4.78, 5) is 38.4. The second-order valence-corrected chi connectivity index (χ2v) is 11.4. The van der Waals surface area contributed by atoms with Crippen LogP contribution in [0.5, 0.6) is 0 Å². The third kappa shape index (κ3) is 7.63. The lowest BCUT2D eigenvalue weighted by Gasteiger charge is -2.32. The van der Waals surface area contributed by atoms with Gasteiger partial charge in [0.15, 0.2) is 0 Å². The van der Waals surface area contributed by atoms with Gasteiger partial charge in [0.2, 0.25) is 11.8 Å². The minimum Gasteiger partial charge on any atom is -0.354 e. The number of nitrogens with zero attached hydrogens (tertiary/aromatic N) is 3. The lowest BCUT2D eigenvalue weighted by Crippen LogP contribution is -2.51. The fourth-order valence-corrected chi connectivity index (χ4v) is 5.25. The molecular weight excluding hydrogens is 539 g/mol. The average Bonchev–Trinajstić information content (AvgIpc) is 2.94. The minimum absolute atomic E-state index is 0.0291. The molecule has 212 valence electrons. The number of anilines is 1. The van der Waals surface area contributed by atoms with Crippen LogP contribution in [-0.2, 0) is 26.2 Å². The highest BCUT2D eigenvalue weighted by Gasteiger charge is 2.32. The van der Waals surface area contributed by atoms with Crippen LogP contribution in [0.1, 0.15) is 26.3 Å². The van der Waals surface area contributed by atoms with Gasteiger partial charge in [-0.15, -0.1) is 0 Å². The van der Waals surface area contributed by atoms with Gasteiger partial charge in [-0.25, -0.2) is 12.8 Å². The first kappa shape index (κ1) is 30.2. The number of carbonyl (C=O) groups is 2. The summed E-state index contributed by atoms with van der Waals surface area (Å²) < 4.78 is 41.7. The molecule has 0 unspecified atom stereocenters. The highest BCUT2D eigenvalue weighted by atomic mass is 32.2. The predicted octanol–water partition coefficient (Wildman–Crippen LogP) is 4.12. The summed E-state index contributed by atoms with van der Waals surface area (Å²) >= 11 is 0. The second-order valence-electron chi connectivity index (χ2n) is 9.56. The Morgan fingerprint density at radius 3 is 2.10 bits per heavy atom. The first-order valence-corrected chi connectivity index (χ1v) is 14.0. The summed E-state index contributed by atoms with van der Waals surface area (Å²) in [5, 5.41) is 13.9. The number of hydrogen-bond donors (Lipinski definition) is 1. The first-order valence-electron chi connectivity index (χ1n) is 12.5. The third-order valence-electron chi connectivity index (χ3n) is 6.08. The summed E-state index contributed by atoms with van der Waals surface area (Å²) in [5.41, 5.74) is 0.313. The van der Waals surface area contributed by atoms with Gasteiger partial charge in [-0.1, -0.05) is 44.2 Å². The molecule has 0 spiro atoms. The number of hydrogen-bond acceptors (Lipinski definition) is 6. The van der Waals surface area contributed by atoms with Crippen molar-refractivity contribution in [3.05, 3.63) is 100 Å². The Kier molecular flexibility index (Phi) is 9.94. The predicted molar refractivity (Wildman–Crippen MR) is 148 cm³/mol. The maximum Gasteiger partial charge on any atom is 0.269 e. The molecule has 0 aromatic heterocycles. The number of sulfonamides is 1. The van der Waals surface area contributed by atoms with E-state index in [9.17, 15) is 32.5 Å². The molecule has 0 bridgehead atoms. The normalized spacial score (nSPS) is 12.0. The second kappa shape index (κ2) is 13.2. The van der Waals surface area contributed by atoms with Crippen molar-refractivity contribution >= 4 is 33.2 Å². The Labute approximate surface area is 232 Å². The van der Waals surface area contributed by atoms with Gasteiger partial charge >= 0.3 is 0 Å². The zero-order valence-corrected chi connectivity index (χ0v) is 23.2. The van der Waals surface area contributed by atoms with Crippen molar-refractivity contribution in [3.8, 4) is 0 Å². The zero-order chi connectivity index (χ0) is 29.4. The van der Waals surface area contributed by atoms with Gasteiger partial charge in [0.25, 0.3) is 15.7 Å². The fraction of sp³-hybridized carbons (Fsp3) is 0.286. The number of nitrogens with one attached hydrogen (secondary N) is 1. The van der Waals surface area contributed by atoms with E-state index in [1.807, 2.05) is 13.8 Å². The maximum absolute atomic E-state index is 13.8. The quantitative estimate of drug-likeness (QED) is 0.258. The summed E-state index contributed by atoms with van der Waals surface area (Å²) in [5.74, 6) is -1.44. The topological polar surface area (TPSA) is 130 Å². The van der Waals surface area contributed by atoms with Crippen LogP contribution in [0.2, 0.25) is 0 Å². The van der Waals surface area contributed by atoms with Gasteiger partial charge in [0.05, 0.1) is 15.5 Å². The van der Waals surface area contributed by atoms with Crippen LogP contribution in [-0.4, -0.2) is 49.2 Å². The van der Waals surface area contributed by atoms with E-state index in [4.69, 9.17) is 0 Å². The molecular formula is C28H31FN4O6S. The van der Waals surface area contributed by atoms with Crippen LogP contribution >= 0.6 is 0 Å². The molecule has 0 aliphatic carbocycles. The number of amides is 2. The SMILES string of the molecule is CC(C)CNC(=O)[C@H](C)N(Cc1ccc(F)cc1)C(=O)CN(c1ccc([N+](=O)[O-])cc1)S(=O)(=O)c1ccccc1. The zero-order valence-electron chi connectivity index (χ0n) is 22.4. The largest absolute Gasteiger partial charge is 0.354 e. The molecule has 0 saturated carbocycles. The number of non-ortho nitro benzene ring substituents is 1. The van der Waals surface area contributed by atoms with Crippen molar-refractivity contribution in [2.75, 3.05) is 17.4 Å². The molecule has 12 heteroatoms. The minimum atomic E-state index is -4.30. The highest BCUT2D eigenvalue weighted by Crippen LogP contribution is 2.26. The molecule has 0 aliphatic rings. The van der Waals surface area contributed by atoms with Crippen molar-refractivity contribution in [1.82, 2.24) is 10.2 Å². The molecule has 2 amide bonds. The summed E-state index contributed by atoms with van der Waals surface area (Å²) in [6, 6.07) is 16.6. The van der Waals surface area contributed by atoms with Crippen LogP contribution in [0, 0.1) is 21.8 Å². The first-order chi connectivity index (χ1) is 18.9. The molecule has 0 saturated heterocycles. The van der Waals surface area contributed by atoms with Crippen molar-refractivity contribution < 1.29 is 27.3 Å². The lowest BCUT2D eigenvalue weighted by atomic mass is 10.1. The molecule has 0 fully saturated rings. The van der Waals surface area contributed by atoms with E-state index in [-0.39, 0.29) is 28.7 Å². The molecule has 10 nitrogen and oxygen atoms in total. The van der Waals surface area contributed by atoms with Gasteiger partial charge in [-0.3, -0.25) is 24.0 Å². The molecule has 40 heavy (non-hydrogen) atoms. The molecule has 0 aliphatic heterocycles. The number of carbonyl (C=O) groups excluding carboxylic acids is 2. The highest BCUT2D eigenvalue weighted by molar-refractivity contribution is 7.92. The number of benzene rings is 3. The lowest BCUT2D eigenvalue weighted by molar-refractivity contribution is -0.384. The van der Waals surface area contributed by atoms with Crippen molar-refractivity contribution in [2.24, 2.45) is 5.92 Å². The molecule has 0 radical (unpaired) electrons. The Hall–Kier alpha value is -4.32. The van der Waals surface area contributed by atoms with E-state index in [2.05, 4.69) is 5.32 Å². The van der Waals surface area contributed by atoms with E-state index in [0.717, 1.165) is 16.4 Å². The molecule has 0 heterocycles. The molecule has 3 aromatic rings. The fourth-order valence-electron chi connectivity index (χ4n) is 3.81. The maximum atomic E-state index is 13.8. The van der Waals surface area contributed by atoms with Crippen LogP contribution in [0.25, 0.3) is 0 Å². The molecule has 3 rings (SSSR count). The van der Waals surface area contributed by atoms with Crippen molar-refractivity contribution in [1.29, 1.82) is 0 Å². The van der Waals surface area contributed by atoms with E-state index in [0.29, 0.717) is 12.1 Å². The molecule has 1 N–H and O–H groups in total. The number of halogens is 1. The van der Waals surface area contributed by atoms with Gasteiger partial charge in [0.1, 0.15) is 18.4 Å². The van der Waals surface area contributed by atoms with Crippen LogP contribution in [0.3, 0.4) is 0 Å². The summed E-state index contributed by atoms with van der Waals surface area (Å²) in [6.07, 6.45) is 0.